The first kappa shape index (κ1) is 18.1. The summed E-state index contributed by atoms with van der Waals surface area (Å²) >= 11 is 6.05. The molecule has 0 unspecified atom stereocenters. The van der Waals surface area contributed by atoms with Gasteiger partial charge in [0, 0.05) is 5.69 Å². The maximum absolute atomic E-state index is 12.1. The van der Waals surface area contributed by atoms with E-state index in [0.717, 1.165) is 11.3 Å². The number of anilines is 1. The second kappa shape index (κ2) is 7.58. The van der Waals surface area contributed by atoms with Crippen LogP contribution >= 0.6 is 11.6 Å². The molecule has 0 aliphatic rings. The van der Waals surface area contributed by atoms with Crippen LogP contribution in [0.3, 0.4) is 0 Å². The SMILES string of the molecule is COc1ccc(NC(=O)Cc2ccc(OC(C)(C)C)cc2)cc1Cl. The predicted octanol–water partition coefficient (Wildman–Crippen LogP) is 4.71. The molecule has 0 spiro atoms. The Morgan fingerprint density at radius 2 is 1.79 bits per heavy atom. The number of hydrogen-bond acceptors (Lipinski definition) is 3. The van der Waals surface area contributed by atoms with Crippen molar-refractivity contribution < 1.29 is 14.3 Å². The molecule has 5 heteroatoms. The van der Waals surface area contributed by atoms with Crippen molar-refractivity contribution in [2.24, 2.45) is 0 Å². The molecule has 2 rings (SSSR count). The number of nitrogens with one attached hydrogen (secondary N) is 1. The molecule has 0 heterocycles. The summed E-state index contributed by atoms with van der Waals surface area (Å²) in [6, 6.07) is 12.7. The molecule has 128 valence electrons. The van der Waals surface area contributed by atoms with E-state index in [1.807, 2.05) is 45.0 Å². The third-order valence-corrected chi connectivity index (χ3v) is 3.44. The van der Waals surface area contributed by atoms with Crippen molar-refractivity contribution in [3.8, 4) is 11.5 Å². The van der Waals surface area contributed by atoms with Crippen molar-refractivity contribution in [1.29, 1.82) is 0 Å². The lowest BCUT2D eigenvalue weighted by Gasteiger charge is -2.21. The number of methoxy groups -OCH3 is 1. The van der Waals surface area contributed by atoms with Crippen molar-refractivity contribution in [3.63, 3.8) is 0 Å². The quantitative estimate of drug-likeness (QED) is 0.852. The van der Waals surface area contributed by atoms with Crippen LogP contribution in [0, 0.1) is 0 Å². The number of carbonyl (C=O) groups is 1. The molecule has 0 fully saturated rings. The maximum Gasteiger partial charge on any atom is 0.228 e. The van der Waals surface area contributed by atoms with Crippen molar-refractivity contribution >= 4 is 23.2 Å². The molecule has 0 aromatic heterocycles. The maximum atomic E-state index is 12.1. The molecule has 0 bridgehead atoms. The van der Waals surface area contributed by atoms with Gasteiger partial charge in [0.25, 0.3) is 0 Å². The lowest BCUT2D eigenvalue weighted by Crippen LogP contribution is -2.22. The van der Waals surface area contributed by atoms with E-state index in [2.05, 4.69) is 5.32 Å². The van der Waals surface area contributed by atoms with E-state index in [4.69, 9.17) is 21.1 Å². The topological polar surface area (TPSA) is 47.6 Å². The molecule has 2 aromatic carbocycles. The second-order valence-corrected chi connectivity index (χ2v) is 6.84. The monoisotopic (exact) mass is 347 g/mol. The fraction of sp³-hybridized carbons (Fsp3) is 0.316. The van der Waals surface area contributed by atoms with E-state index in [0.29, 0.717) is 16.5 Å². The Morgan fingerprint density at radius 3 is 2.33 bits per heavy atom. The van der Waals surface area contributed by atoms with Crippen LogP contribution in [0.25, 0.3) is 0 Å². The number of rotatable bonds is 5. The van der Waals surface area contributed by atoms with Crippen LogP contribution < -0.4 is 14.8 Å². The van der Waals surface area contributed by atoms with E-state index < -0.39 is 0 Å². The van der Waals surface area contributed by atoms with E-state index in [9.17, 15) is 4.79 Å². The summed E-state index contributed by atoms with van der Waals surface area (Å²) in [5.74, 6) is 1.25. The number of hydrogen-bond donors (Lipinski definition) is 1. The Morgan fingerprint density at radius 1 is 1.12 bits per heavy atom. The summed E-state index contributed by atoms with van der Waals surface area (Å²) in [7, 11) is 1.55. The summed E-state index contributed by atoms with van der Waals surface area (Å²) in [5, 5.41) is 3.28. The lowest BCUT2D eigenvalue weighted by molar-refractivity contribution is -0.115. The smallest absolute Gasteiger partial charge is 0.228 e. The van der Waals surface area contributed by atoms with Gasteiger partial charge in [-0.2, -0.15) is 0 Å². The van der Waals surface area contributed by atoms with Crippen LogP contribution in [0.15, 0.2) is 42.5 Å². The van der Waals surface area contributed by atoms with Crippen molar-refractivity contribution in [1.82, 2.24) is 0 Å². The standard InChI is InChI=1S/C19H22ClNO3/c1-19(2,3)24-15-8-5-13(6-9-15)11-18(22)21-14-7-10-17(23-4)16(20)12-14/h5-10,12H,11H2,1-4H3,(H,21,22). The minimum Gasteiger partial charge on any atom is -0.495 e. The molecular weight excluding hydrogens is 326 g/mol. The largest absolute Gasteiger partial charge is 0.495 e. The highest BCUT2D eigenvalue weighted by Crippen LogP contribution is 2.27. The normalized spacial score (nSPS) is 11.0. The average molecular weight is 348 g/mol. The third kappa shape index (κ3) is 5.46. The van der Waals surface area contributed by atoms with E-state index >= 15 is 0 Å². The van der Waals surface area contributed by atoms with Crippen molar-refractivity contribution in [3.05, 3.63) is 53.1 Å². The van der Waals surface area contributed by atoms with Gasteiger partial charge < -0.3 is 14.8 Å². The Hall–Kier alpha value is -2.20. The van der Waals surface area contributed by atoms with Gasteiger partial charge in [-0.15, -0.1) is 0 Å². The molecule has 24 heavy (non-hydrogen) atoms. The summed E-state index contributed by atoms with van der Waals surface area (Å²) in [6.45, 7) is 5.98. The lowest BCUT2D eigenvalue weighted by atomic mass is 10.1. The number of amides is 1. The van der Waals surface area contributed by atoms with Gasteiger partial charge >= 0.3 is 0 Å². The van der Waals surface area contributed by atoms with Crippen molar-refractivity contribution in [2.75, 3.05) is 12.4 Å². The average Bonchev–Trinajstić information content (AvgIpc) is 2.48. The van der Waals surface area contributed by atoms with Crippen LogP contribution in [0.2, 0.25) is 5.02 Å². The van der Waals surface area contributed by atoms with Gasteiger partial charge in [-0.3, -0.25) is 4.79 Å². The van der Waals surface area contributed by atoms with Crippen molar-refractivity contribution in [2.45, 2.75) is 32.8 Å². The highest BCUT2D eigenvalue weighted by Gasteiger charge is 2.12. The van der Waals surface area contributed by atoms with E-state index in [1.165, 1.54) is 0 Å². The molecular formula is C19H22ClNO3. The molecule has 0 aliphatic carbocycles. The second-order valence-electron chi connectivity index (χ2n) is 6.43. The fourth-order valence-corrected chi connectivity index (χ4v) is 2.42. The van der Waals surface area contributed by atoms with Crippen LogP contribution in [0.1, 0.15) is 26.3 Å². The molecule has 0 saturated heterocycles. The molecule has 1 N–H and O–H groups in total. The Bertz CT molecular complexity index is 706. The number of halogens is 1. The molecule has 4 nitrogen and oxygen atoms in total. The highest BCUT2D eigenvalue weighted by molar-refractivity contribution is 6.32. The Balaban J connectivity index is 1.96. The zero-order valence-corrected chi connectivity index (χ0v) is 15.1. The summed E-state index contributed by atoms with van der Waals surface area (Å²) < 4.78 is 10.9. The summed E-state index contributed by atoms with van der Waals surface area (Å²) in [4.78, 5) is 12.1. The molecule has 0 radical (unpaired) electrons. The Kier molecular flexibility index (Phi) is 5.73. The highest BCUT2D eigenvalue weighted by atomic mass is 35.5. The third-order valence-electron chi connectivity index (χ3n) is 3.15. The van der Waals surface area contributed by atoms with Gasteiger partial charge in [-0.1, -0.05) is 23.7 Å². The first-order chi connectivity index (χ1) is 11.3. The van der Waals surface area contributed by atoms with Gasteiger partial charge in [-0.25, -0.2) is 0 Å². The van der Waals surface area contributed by atoms with Crippen LogP contribution in [-0.2, 0) is 11.2 Å². The minimum absolute atomic E-state index is 0.110. The molecule has 0 saturated carbocycles. The van der Waals surface area contributed by atoms with E-state index in [1.54, 1.807) is 25.3 Å². The summed E-state index contributed by atoms with van der Waals surface area (Å²) in [5.41, 5.74) is 1.30. The molecule has 0 atom stereocenters. The van der Waals surface area contributed by atoms with Gasteiger partial charge in [-0.05, 0) is 56.7 Å². The van der Waals surface area contributed by atoms with Gasteiger partial charge in [0.1, 0.15) is 17.1 Å². The Labute approximate surface area is 147 Å². The van der Waals surface area contributed by atoms with Crippen LogP contribution in [0.5, 0.6) is 11.5 Å². The number of ether oxygens (including phenoxy) is 2. The van der Waals surface area contributed by atoms with Crippen LogP contribution in [0.4, 0.5) is 5.69 Å². The van der Waals surface area contributed by atoms with Gasteiger partial charge in [0.05, 0.1) is 18.6 Å². The fourth-order valence-electron chi connectivity index (χ4n) is 2.16. The number of benzene rings is 2. The number of carbonyl (C=O) groups excluding carboxylic acids is 1. The first-order valence-electron chi connectivity index (χ1n) is 7.68. The predicted molar refractivity (Wildman–Crippen MR) is 97.2 cm³/mol. The first-order valence-corrected chi connectivity index (χ1v) is 8.06. The molecule has 1 amide bonds. The minimum atomic E-state index is -0.244. The van der Waals surface area contributed by atoms with Gasteiger partial charge in [0.2, 0.25) is 5.91 Å². The molecule has 2 aromatic rings. The summed E-state index contributed by atoms with van der Waals surface area (Å²) in [6.07, 6.45) is 0.277. The molecule has 0 aliphatic heterocycles. The van der Waals surface area contributed by atoms with Crippen LogP contribution in [-0.4, -0.2) is 18.6 Å². The van der Waals surface area contributed by atoms with E-state index in [-0.39, 0.29) is 17.9 Å². The zero-order chi connectivity index (χ0) is 17.7. The zero-order valence-electron chi connectivity index (χ0n) is 14.4. The van der Waals surface area contributed by atoms with Gasteiger partial charge in [0.15, 0.2) is 0 Å².